The molecular formula is C14H22N2OS. The fourth-order valence-corrected chi connectivity index (χ4v) is 3.33. The zero-order valence-electron chi connectivity index (χ0n) is 11.2. The van der Waals surface area contributed by atoms with Crippen LogP contribution in [0.5, 0.6) is 0 Å². The van der Waals surface area contributed by atoms with Crippen molar-refractivity contribution in [1.82, 2.24) is 10.2 Å². The van der Waals surface area contributed by atoms with E-state index in [9.17, 15) is 4.79 Å². The molecule has 3 nitrogen and oxygen atoms in total. The van der Waals surface area contributed by atoms with E-state index in [0.717, 1.165) is 19.4 Å². The number of rotatable bonds is 2. The van der Waals surface area contributed by atoms with Gasteiger partial charge in [0.15, 0.2) is 0 Å². The molecule has 1 aromatic heterocycles. The third-order valence-electron chi connectivity index (χ3n) is 3.30. The molecule has 0 aromatic carbocycles. The Morgan fingerprint density at radius 3 is 2.94 bits per heavy atom. The van der Waals surface area contributed by atoms with Gasteiger partial charge in [-0.05, 0) is 38.1 Å². The maximum Gasteiger partial charge on any atom is 0.318 e. The van der Waals surface area contributed by atoms with Crippen LogP contribution in [-0.2, 0) is 0 Å². The molecule has 0 aliphatic carbocycles. The van der Waals surface area contributed by atoms with Gasteiger partial charge in [-0.25, -0.2) is 4.79 Å². The van der Waals surface area contributed by atoms with Crippen molar-refractivity contribution >= 4 is 17.4 Å². The van der Waals surface area contributed by atoms with Gasteiger partial charge >= 0.3 is 6.03 Å². The Hall–Kier alpha value is -1.03. The number of thiophene rings is 1. The van der Waals surface area contributed by atoms with E-state index in [1.165, 1.54) is 17.7 Å². The van der Waals surface area contributed by atoms with Crippen LogP contribution in [0.15, 0.2) is 17.5 Å². The largest absolute Gasteiger partial charge is 0.336 e. The minimum Gasteiger partial charge on any atom is -0.336 e. The Bertz CT molecular complexity index is 375. The molecule has 1 saturated heterocycles. The van der Waals surface area contributed by atoms with Gasteiger partial charge in [0.1, 0.15) is 0 Å². The second kappa shape index (κ2) is 6.23. The average molecular weight is 266 g/mol. The number of carbonyl (C=O) groups excluding carboxylic acids is 1. The maximum atomic E-state index is 12.3. The summed E-state index contributed by atoms with van der Waals surface area (Å²) in [5, 5.41) is 5.12. The van der Waals surface area contributed by atoms with E-state index < -0.39 is 0 Å². The first-order chi connectivity index (χ1) is 8.68. The molecule has 18 heavy (non-hydrogen) atoms. The molecule has 2 amide bonds. The minimum atomic E-state index is 0.0882. The summed E-state index contributed by atoms with van der Waals surface area (Å²) < 4.78 is 0. The van der Waals surface area contributed by atoms with Crippen LogP contribution in [0, 0.1) is 0 Å². The summed E-state index contributed by atoms with van der Waals surface area (Å²) in [7, 11) is 0. The Morgan fingerprint density at radius 2 is 2.28 bits per heavy atom. The highest BCUT2D eigenvalue weighted by molar-refractivity contribution is 7.10. The number of hydrogen-bond donors (Lipinski definition) is 1. The summed E-state index contributed by atoms with van der Waals surface area (Å²) in [5.41, 5.74) is 0. The standard InChI is InChI=1S/C14H22N2OS/c1-11(2)15-14(17)16-9-5-3-4-7-12(16)13-8-6-10-18-13/h6,8,10-12H,3-5,7,9H2,1-2H3,(H,15,17). The van der Waals surface area contributed by atoms with Crippen LogP contribution >= 0.6 is 11.3 Å². The van der Waals surface area contributed by atoms with Gasteiger partial charge in [0.25, 0.3) is 0 Å². The summed E-state index contributed by atoms with van der Waals surface area (Å²) >= 11 is 1.76. The minimum absolute atomic E-state index is 0.0882. The lowest BCUT2D eigenvalue weighted by atomic mass is 10.1. The van der Waals surface area contributed by atoms with Crippen LogP contribution in [0.2, 0.25) is 0 Å². The molecule has 0 bridgehead atoms. The van der Waals surface area contributed by atoms with Crippen LogP contribution in [0.3, 0.4) is 0 Å². The second-order valence-corrected chi connectivity index (χ2v) is 6.16. The fourth-order valence-electron chi connectivity index (χ4n) is 2.46. The topological polar surface area (TPSA) is 32.3 Å². The van der Waals surface area contributed by atoms with Gasteiger partial charge in [-0.3, -0.25) is 0 Å². The zero-order chi connectivity index (χ0) is 13.0. The third kappa shape index (κ3) is 3.25. The maximum absolute atomic E-state index is 12.3. The van der Waals surface area contributed by atoms with Crippen LogP contribution in [0.1, 0.15) is 50.4 Å². The molecule has 1 aromatic rings. The van der Waals surface area contributed by atoms with Crippen molar-refractivity contribution in [3.63, 3.8) is 0 Å². The van der Waals surface area contributed by atoms with Crippen LogP contribution in [-0.4, -0.2) is 23.5 Å². The van der Waals surface area contributed by atoms with E-state index in [4.69, 9.17) is 0 Å². The molecular weight excluding hydrogens is 244 g/mol. The first-order valence-electron chi connectivity index (χ1n) is 6.79. The molecule has 1 N–H and O–H groups in total. The molecule has 0 radical (unpaired) electrons. The van der Waals surface area contributed by atoms with Crippen molar-refractivity contribution in [3.8, 4) is 0 Å². The third-order valence-corrected chi connectivity index (χ3v) is 4.27. The van der Waals surface area contributed by atoms with E-state index in [0.29, 0.717) is 0 Å². The van der Waals surface area contributed by atoms with E-state index in [1.807, 2.05) is 18.7 Å². The predicted molar refractivity (Wildman–Crippen MR) is 75.9 cm³/mol. The molecule has 1 unspecified atom stereocenters. The molecule has 2 rings (SSSR count). The highest BCUT2D eigenvalue weighted by Gasteiger charge is 2.27. The first-order valence-corrected chi connectivity index (χ1v) is 7.67. The quantitative estimate of drug-likeness (QED) is 0.868. The van der Waals surface area contributed by atoms with E-state index in [1.54, 1.807) is 11.3 Å². The summed E-state index contributed by atoms with van der Waals surface area (Å²) in [6.07, 6.45) is 4.65. The lowest BCUT2D eigenvalue weighted by Gasteiger charge is -2.30. The zero-order valence-corrected chi connectivity index (χ0v) is 12.0. The number of hydrogen-bond acceptors (Lipinski definition) is 2. The summed E-state index contributed by atoms with van der Waals surface area (Å²) in [6.45, 7) is 4.90. The average Bonchev–Trinajstić information content (AvgIpc) is 2.72. The molecule has 1 aliphatic rings. The normalized spacial score (nSPS) is 20.8. The van der Waals surface area contributed by atoms with Crippen LogP contribution in [0.25, 0.3) is 0 Å². The van der Waals surface area contributed by atoms with E-state index in [-0.39, 0.29) is 18.1 Å². The number of amides is 2. The van der Waals surface area contributed by atoms with Crippen molar-refractivity contribution in [2.75, 3.05) is 6.54 Å². The monoisotopic (exact) mass is 266 g/mol. The summed E-state index contributed by atoms with van der Waals surface area (Å²) in [4.78, 5) is 15.6. The number of urea groups is 1. The highest BCUT2D eigenvalue weighted by atomic mass is 32.1. The highest BCUT2D eigenvalue weighted by Crippen LogP contribution is 2.32. The van der Waals surface area contributed by atoms with E-state index >= 15 is 0 Å². The Kier molecular flexibility index (Phi) is 4.64. The molecule has 1 atom stereocenters. The van der Waals surface area contributed by atoms with E-state index in [2.05, 4.69) is 22.8 Å². The number of carbonyl (C=O) groups is 1. The summed E-state index contributed by atoms with van der Waals surface area (Å²) in [6, 6.07) is 4.78. The molecule has 100 valence electrons. The molecule has 1 fully saturated rings. The Morgan fingerprint density at radius 1 is 1.44 bits per heavy atom. The molecule has 4 heteroatoms. The number of nitrogens with one attached hydrogen (secondary N) is 1. The fraction of sp³-hybridized carbons (Fsp3) is 0.643. The lowest BCUT2D eigenvalue weighted by molar-refractivity contribution is 0.174. The van der Waals surface area contributed by atoms with Gasteiger partial charge in [0.2, 0.25) is 0 Å². The molecule has 0 saturated carbocycles. The van der Waals surface area contributed by atoms with Crippen molar-refractivity contribution < 1.29 is 4.79 Å². The van der Waals surface area contributed by atoms with Gasteiger partial charge in [0, 0.05) is 17.5 Å². The van der Waals surface area contributed by atoms with Crippen molar-refractivity contribution in [1.29, 1.82) is 0 Å². The van der Waals surface area contributed by atoms with Gasteiger partial charge in [-0.2, -0.15) is 0 Å². The van der Waals surface area contributed by atoms with Gasteiger partial charge in [0.05, 0.1) is 6.04 Å². The van der Waals surface area contributed by atoms with Gasteiger partial charge in [-0.1, -0.05) is 18.9 Å². The molecule has 2 heterocycles. The number of nitrogens with zero attached hydrogens (tertiary/aromatic N) is 1. The second-order valence-electron chi connectivity index (χ2n) is 5.18. The van der Waals surface area contributed by atoms with Crippen LogP contribution in [0.4, 0.5) is 4.79 Å². The molecule has 1 aliphatic heterocycles. The first kappa shape index (κ1) is 13.4. The molecule has 0 spiro atoms. The van der Waals surface area contributed by atoms with Gasteiger partial charge in [-0.15, -0.1) is 11.3 Å². The Labute approximate surface area is 113 Å². The summed E-state index contributed by atoms with van der Waals surface area (Å²) in [5.74, 6) is 0. The Balaban J connectivity index is 2.14. The number of likely N-dealkylation sites (tertiary alicyclic amines) is 1. The predicted octanol–water partition coefficient (Wildman–Crippen LogP) is 3.78. The van der Waals surface area contributed by atoms with Crippen LogP contribution < -0.4 is 5.32 Å². The van der Waals surface area contributed by atoms with Gasteiger partial charge < -0.3 is 10.2 Å². The smallest absolute Gasteiger partial charge is 0.318 e. The van der Waals surface area contributed by atoms with Crippen molar-refractivity contribution in [2.45, 2.75) is 51.6 Å². The SMILES string of the molecule is CC(C)NC(=O)N1CCCCCC1c1cccs1. The van der Waals surface area contributed by atoms with Crippen molar-refractivity contribution in [2.24, 2.45) is 0 Å². The lowest BCUT2D eigenvalue weighted by Crippen LogP contribution is -2.44. The van der Waals surface area contributed by atoms with Crippen molar-refractivity contribution in [3.05, 3.63) is 22.4 Å².